The SMILES string of the molecule is CC(=O)[C@@H]1[C@H](O)C[C@@H](OC(=O)C(F)(F)F)[C@]2(C)CCCC(C)(C)[C@@H]12. The number of hydrogen-bond acceptors (Lipinski definition) is 4. The van der Waals surface area contributed by atoms with Gasteiger partial charge in [-0.15, -0.1) is 0 Å². The van der Waals surface area contributed by atoms with E-state index in [0.717, 1.165) is 12.8 Å². The van der Waals surface area contributed by atoms with Gasteiger partial charge >= 0.3 is 12.1 Å². The lowest BCUT2D eigenvalue weighted by Gasteiger charge is -2.59. The minimum atomic E-state index is -5.07. The molecule has 0 spiro atoms. The number of esters is 1. The number of fused-ring (bicyclic) bond motifs is 1. The van der Waals surface area contributed by atoms with Gasteiger partial charge in [0, 0.05) is 17.8 Å². The maximum Gasteiger partial charge on any atom is 0.490 e. The van der Waals surface area contributed by atoms with Crippen LogP contribution in [0.1, 0.15) is 53.4 Å². The number of hydrogen-bond donors (Lipinski definition) is 1. The monoisotopic (exact) mass is 350 g/mol. The van der Waals surface area contributed by atoms with Crippen LogP contribution in [0.3, 0.4) is 0 Å². The van der Waals surface area contributed by atoms with Gasteiger partial charge in [-0.05, 0) is 31.1 Å². The van der Waals surface area contributed by atoms with Crippen LogP contribution in [-0.4, -0.2) is 35.2 Å². The summed E-state index contributed by atoms with van der Waals surface area (Å²) < 4.78 is 42.6. The van der Waals surface area contributed by atoms with Gasteiger partial charge in [-0.1, -0.05) is 27.2 Å². The highest BCUT2D eigenvalue weighted by atomic mass is 19.4. The van der Waals surface area contributed by atoms with Crippen molar-refractivity contribution in [3.8, 4) is 0 Å². The Morgan fingerprint density at radius 1 is 1.17 bits per heavy atom. The van der Waals surface area contributed by atoms with Gasteiger partial charge < -0.3 is 9.84 Å². The molecule has 2 saturated carbocycles. The Balaban J connectivity index is 2.42. The molecule has 1 N–H and O–H groups in total. The number of halogens is 3. The first-order chi connectivity index (χ1) is 10.8. The van der Waals surface area contributed by atoms with E-state index in [2.05, 4.69) is 0 Å². The highest BCUT2D eigenvalue weighted by Crippen LogP contribution is 2.60. The summed E-state index contributed by atoms with van der Waals surface area (Å²) in [4.78, 5) is 23.5. The van der Waals surface area contributed by atoms with E-state index in [9.17, 15) is 27.9 Å². The first-order valence-corrected chi connectivity index (χ1v) is 8.27. The molecule has 2 aliphatic carbocycles. The average molecular weight is 350 g/mol. The van der Waals surface area contributed by atoms with Crippen molar-refractivity contribution >= 4 is 11.8 Å². The zero-order valence-electron chi connectivity index (χ0n) is 14.4. The van der Waals surface area contributed by atoms with E-state index in [1.165, 1.54) is 6.92 Å². The number of aliphatic hydroxyl groups is 1. The molecule has 0 saturated heterocycles. The fraction of sp³-hybridized carbons (Fsp3) is 0.882. The van der Waals surface area contributed by atoms with Crippen LogP contribution in [0.5, 0.6) is 0 Å². The second kappa shape index (κ2) is 6.00. The van der Waals surface area contributed by atoms with Crippen LogP contribution in [-0.2, 0) is 14.3 Å². The van der Waals surface area contributed by atoms with Gasteiger partial charge in [-0.3, -0.25) is 4.79 Å². The number of carbonyl (C=O) groups is 2. The lowest BCUT2D eigenvalue weighted by atomic mass is 9.46. The van der Waals surface area contributed by atoms with Gasteiger partial charge in [-0.2, -0.15) is 13.2 Å². The highest BCUT2D eigenvalue weighted by Gasteiger charge is 2.61. The Morgan fingerprint density at radius 3 is 2.25 bits per heavy atom. The standard InChI is InChI=1S/C17H25F3O4/c1-9(21)12-10(22)8-11(24-14(23)17(18,19)20)16(4)7-5-6-15(2,3)13(12)16/h10-13,22H,5-8H2,1-4H3/t10-,11-,12-,13-,16+/m1/s1. The smallest absolute Gasteiger partial charge is 0.455 e. The number of rotatable bonds is 2. The molecule has 2 aliphatic rings. The van der Waals surface area contributed by atoms with Crippen molar-refractivity contribution < 1.29 is 32.6 Å². The van der Waals surface area contributed by atoms with Crippen LogP contribution in [0.15, 0.2) is 0 Å². The van der Waals surface area contributed by atoms with Gasteiger partial charge in [0.1, 0.15) is 11.9 Å². The molecule has 0 aromatic heterocycles. The van der Waals surface area contributed by atoms with Crippen LogP contribution in [0.25, 0.3) is 0 Å². The molecule has 0 aromatic rings. The molecule has 2 rings (SSSR count). The van der Waals surface area contributed by atoms with E-state index in [1.807, 2.05) is 13.8 Å². The Kier molecular flexibility index (Phi) is 4.81. The summed E-state index contributed by atoms with van der Waals surface area (Å²) in [5, 5.41) is 10.4. The molecule has 0 unspecified atom stereocenters. The topological polar surface area (TPSA) is 63.6 Å². The number of ether oxygens (including phenoxy) is 1. The molecule has 0 amide bonds. The lowest BCUT2D eigenvalue weighted by Crippen LogP contribution is -2.61. The third-order valence-corrected chi connectivity index (χ3v) is 6.00. The van der Waals surface area contributed by atoms with E-state index < -0.39 is 35.7 Å². The van der Waals surface area contributed by atoms with Gasteiger partial charge in [0.15, 0.2) is 0 Å². The fourth-order valence-corrected chi connectivity index (χ4v) is 5.13. The molecule has 0 bridgehead atoms. The minimum absolute atomic E-state index is 0.144. The third kappa shape index (κ3) is 3.19. The molecule has 138 valence electrons. The molecule has 0 radical (unpaired) electrons. The molecule has 4 nitrogen and oxygen atoms in total. The number of ketones is 1. The first-order valence-electron chi connectivity index (χ1n) is 8.27. The van der Waals surface area contributed by atoms with Crippen molar-refractivity contribution in [2.45, 2.75) is 71.8 Å². The van der Waals surface area contributed by atoms with Gasteiger partial charge in [0.05, 0.1) is 6.10 Å². The predicted octanol–water partition coefficient (Wildman–Crippen LogP) is 3.26. The molecule has 7 heteroatoms. The van der Waals surface area contributed by atoms with Crippen LogP contribution >= 0.6 is 0 Å². The van der Waals surface area contributed by atoms with Crippen LogP contribution in [0.4, 0.5) is 13.2 Å². The Bertz CT molecular complexity index is 528. The molecule has 0 heterocycles. The Labute approximate surface area is 139 Å². The van der Waals surface area contributed by atoms with Crippen molar-refractivity contribution in [3.05, 3.63) is 0 Å². The van der Waals surface area contributed by atoms with E-state index >= 15 is 0 Å². The van der Waals surface area contributed by atoms with E-state index in [4.69, 9.17) is 4.74 Å². The second-order valence-corrected chi connectivity index (χ2v) is 8.16. The molecule has 24 heavy (non-hydrogen) atoms. The quantitative estimate of drug-likeness (QED) is 0.777. The van der Waals surface area contributed by atoms with Gasteiger partial charge in [0.2, 0.25) is 0 Å². The minimum Gasteiger partial charge on any atom is -0.455 e. The number of carbonyl (C=O) groups excluding carboxylic acids is 2. The molecule has 5 atom stereocenters. The second-order valence-electron chi connectivity index (χ2n) is 8.16. The Morgan fingerprint density at radius 2 is 1.75 bits per heavy atom. The van der Waals surface area contributed by atoms with Gasteiger partial charge in [-0.25, -0.2) is 4.79 Å². The normalized spacial score (nSPS) is 39.0. The summed E-state index contributed by atoms with van der Waals surface area (Å²) in [6.45, 7) is 7.12. The zero-order valence-corrected chi connectivity index (χ0v) is 14.4. The molecule has 2 fully saturated rings. The van der Waals surface area contributed by atoms with Crippen molar-refractivity contribution in [1.82, 2.24) is 0 Å². The summed E-state index contributed by atoms with van der Waals surface area (Å²) in [5.74, 6) is -3.39. The first kappa shape index (κ1) is 19.2. The largest absolute Gasteiger partial charge is 0.490 e. The zero-order chi connectivity index (χ0) is 18.5. The molecule has 0 aliphatic heterocycles. The molecular weight excluding hydrogens is 325 g/mol. The number of alkyl halides is 3. The van der Waals surface area contributed by atoms with Crippen molar-refractivity contribution in [2.24, 2.45) is 22.7 Å². The summed E-state index contributed by atoms with van der Waals surface area (Å²) >= 11 is 0. The van der Waals surface area contributed by atoms with Crippen molar-refractivity contribution in [1.29, 1.82) is 0 Å². The average Bonchev–Trinajstić information content (AvgIpc) is 2.39. The summed E-state index contributed by atoms with van der Waals surface area (Å²) in [5.41, 5.74) is -1.11. The molecule has 0 aromatic carbocycles. The van der Waals surface area contributed by atoms with E-state index in [1.54, 1.807) is 6.92 Å². The predicted molar refractivity (Wildman–Crippen MR) is 80.0 cm³/mol. The maximum absolute atomic E-state index is 12.6. The van der Waals surface area contributed by atoms with Crippen LogP contribution < -0.4 is 0 Å². The van der Waals surface area contributed by atoms with E-state index in [-0.39, 0.29) is 23.5 Å². The van der Waals surface area contributed by atoms with E-state index in [0.29, 0.717) is 6.42 Å². The van der Waals surface area contributed by atoms with Crippen molar-refractivity contribution in [3.63, 3.8) is 0 Å². The Hall–Kier alpha value is -1.11. The molecular formula is C17H25F3O4. The van der Waals surface area contributed by atoms with Crippen LogP contribution in [0, 0.1) is 22.7 Å². The van der Waals surface area contributed by atoms with Gasteiger partial charge in [0.25, 0.3) is 0 Å². The number of aliphatic hydroxyl groups excluding tert-OH is 1. The summed E-state index contributed by atoms with van der Waals surface area (Å²) in [6, 6.07) is 0. The highest BCUT2D eigenvalue weighted by molar-refractivity contribution is 5.80. The van der Waals surface area contributed by atoms with Crippen LogP contribution in [0.2, 0.25) is 0 Å². The summed E-state index contributed by atoms with van der Waals surface area (Å²) in [6.07, 6.45) is -5.23. The third-order valence-electron chi connectivity index (χ3n) is 6.00. The van der Waals surface area contributed by atoms with Crippen molar-refractivity contribution in [2.75, 3.05) is 0 Å². The summed E-state index contributed by atoms with van der Waals surface area (Å²) in [7, 11) is 0. The fourth-order valence-electron chi connectivity index (χ4n) is 5.13. The lowest BCUT2D eigenvalue weighted by molar-refractivity contribution is -0.231. The maximum atomic E-state index is 12.6. The number of Topliss-reactive ketones (excluding diaryl/α,β-unsaturated/α-hetero) is 1.